The van der Waals surface area contributed by atoms with Gasteiger partial charge in [0.1, 0.15) is 11.6 Å². The molecule has 0 atom stereocenters. The van der Waals surface area contributed by atoms with Crippen molar-refractivity contribution in [2.24, 2.45) is 0 Å². The van der Waals surface area contributed by atoms with Crippen molar-refractivity contribution in [2.45, 2.75) is 59.7 Å². The fourth-order valence-corrected chi connectivity index (χ4v) is 4.49. The van der Waals surface area contributed by atoms with Crippen LogP contribution in [-0.2, 0) is 18.0 Å². The maximum atomic E-state index is 6.65. The van der Waals surface area contributed by atoms with Crippen LogP contribution in [0.2, 0.25) is 5.02 Å². The van der Waals surface area contributed by atoms with Gasteiger partial charge in [-0.05, 0) is 38.0 Å². The number of halogens is 1. The van der Waals surface area contributed by atoms with Gasteiger partial charge in [-0.3, -0.25) is 0 Å². The minimum absolute atomic E-state index is 0.536. The largest absolute Gasteiger partial charge is 0.497 e. The third kappa shape index (κ3) is 4.11. The summed E-state index contributed by atoms with van der Waals surface area (Å²) in [5.74, 6) is 1.86. The van der Waals surface area contributed by atoms with Crippen molar-refractivity contribution in [3.8, 4) is 16.9 Å². The van der Waals surface area contributed by atoms with Crippen LogP contribution in [0.25, 0.3) is 16.8 Å². The van der Waals surface area contributed by atoms with Crippen LogP contribution in [0.1, 0.15) is 56.5 Å². The van der Waals surface area contributed by atoms with Gasteiger partial charge >= 0.3 is 0 Å². The Morgan fingerprint density at radius 2 is 1.90 bits per heavy atom. The molecule has 0 spiro atoms. The van der Waals surface area contributed by atoms with Crippen molar-refractivity contribution < 1.29 is 9.47 Å². The van der Waals surface area contributed by atoms with E-state index >= 15 is 0 Å². The first-order valence-electron chi connectivity index (χ1n) is 11.2. The molecule has 0 bridgehead atoms. The molecule has 1 aromatic carbocycles. The lowest BCUT2D eigenvalue weighted by Gasteiger charge is -2.27. The zero-order valence-electron chi connectivity index (χ0n) is 18.9. The van der Waals surface area contributed by atoms with E-state index in [1.165, 1.54) is 0 Å². The first-order chi connectivity index (χ1) is 15.1. The topological polar surface area (TPSA) is 51.9 Å². The summed E-state index contributed by atoms with van der Waals surface area (Å²) < 4.78 is 13.2. The summed E-state index contributed by atoms with van der Waals surface area (Å²) in [7, 11) is 1.64. The zero-order valence-corrected chi connectivity index (χ0v) is 19.6. The molecule has 0 fully saturated rings. The van der Waals surface area contributed by atoms with E-state index in [0.717, 1.165) is 84.1 Å². The number of ether oxygens (including phenoxy) is 2. The minimum atomic E-state index is 0.536. The number of aromatic nitrogens is 3. The van der Waals surface area contributed by atoms with Gasteiger partial charge in [0.05, 0.1) is 42.3 Å². The summed E-state index contributed by atoms with van der Waals surface area (Å²) in [5.41, 5.74) is 5.80. The third-order valence-electron chi connectivity index (χ3n) is 5.89. The van der Waals surface area contributed by atoms with Gasteiger partial charge in [-0.25, -0.2) is 4.98 Å². The van der Waals surface area contributed by atoms with Gasteiger partial charge in [-0.1, -0.05) is 38.3 Å². The molecule has 0 saturated carbocycles. The molecule has 0 unspecified atom stereocenters. The van der Waals surface area contributed by atoms with Crippen molar-refractivity contribution in [3.63, 3.8) is 0 Å². The average molecular weight is 443 g/mol. The molecule has 1 aliphatic rings. The molecule has 3 heterocycles. The van der Waals surface area contributed by atoms with Crippen molar-refractivity contribution in [2.75, 3.05) is 25.1 Å². The molecular weight excluding hydrogens is 412 g/mol. The lowest BCUT2D eigenvalue weighted by molar-refractivity contribution is 0.133. The summed E-state index contributed by atoms with van der Waals surface area (Å²) in [6, 6.07) is 5.75. The van der Waals surface area contributed by atoms with Crippen LogP contribution in [0, 0.1) is 6.92 Å². The predicted molar refractivity (Wildman–Crippen MR) is 125 cm³/mol. The van der Waals surface area contributed by atoms with Crippen LogP contribution in [0.4, 0.5) is 5.82 Å². The SMILES string of the molecule is CCCCN(CCCC)c1c2c(nc3c(-c4ccc(OC)cc4Cl)c(C)nn13)COC2. The number of hydrogen-bond donors (Lipinski definition) is 0. The predicted octanol–water partition coefficient (Wildman–Crippen LogP) is 5.80. The van der Waals surface area contributed by atoms with E-state index in [1.54, 1.807) is 7.11 Å². The highest BCUT2D eigenvalue weighted by Crippen LogP contribution is 2.39. The summed E-state index contributed by atoms with van der Waals surface area (Å²) in [4.78, 5) is 7.47. The quantitative estimate of drug-likeness (QED) is 0.419. The van der Waals surface area contributed by atoms with Crippen LogP contribution in [-0.4, -0.2) is 34.8 Å². The maximum absolute atomic E-state index is 6.65. The molecule has 6 nitrogen and oxygen atoms in total. The van der Waals surface area contributed by atoms with Gasteiger partial charge in [0.15, 0.2) is 5.65 Å². The molecule has 4 rings (SSSR count). The molecule has 1 aliphatic heterocycles. The Balaban J connectivity index is 1.92. The zero-order chi connectivity index (χ0) is 22.0. The second-order valence-electron chi connectivity index (χ2n) is 8.09. The Morgan fingerprint density at radius 3 is 2.55 bits per heavy atom. The smallest absolute Gasteiger partial charge is 0.165 e. The van der Waals surface area contributed by atoms with Gasteiger partial charge in [-0.15, -0.1) is 0 Å². The fraction of sp³-hybridized carbons (Fsp3) is 0.500. The first-order valence-corrected chi connectivity index (χ1v) is 11.5. The molecule has 0 N–H and O–H groups in total. The number of fused-ring (bicyclic) bond motifs is 2. The number of rotatable bonds is 9. The lowest BCUT2D eigenvalue weighted by atomic mass is 10.1. The van der Waals surface area contributed by atoms with Crippen LogP contribution in [0.5, 0.6) is 5.75 Å². The fourth-order valence-electron chi connectivity index (χ4n) is 4.22. The van der Waals surface area contributed by atoms with Gasteiger partial charge in [0.25, 0.3) is 0 Å². The Morgan fingerprint density at radius 1 is 1.16 bits per heavy atom. The van der Waals surface area contributed by atoms with E-state index in [4.69, 9.17) is 31.2 Å². The van der Waals surface area contributed by atoms with Gasteiger partial charge in [0, 0.05) is 24.2 Å². The van der Waals surface area contributed by atoms with Crippen LogP contribution in [0.15, 0.2) is 18.2 Å². The highest BCUT2D eigenvalue weighted by atomic mass is 35.5. The lowest BCUT2D eigenvalue weighted by Crippen LogP contribution is -2.29. The number of aryl methyl sites for hydroxylation is 1. The third-order valence-corrected chi connectivity index (χ3v) is 6.20. The molecule has 31 heavy (non-hydrogen) atoms. The molecule has 3 aromatic rings. The van der Waals surface area contributed by atoms with Gasteiger partial charge in [-0.2, -0.15) is 9.61 Å². The van der Waals surface area contributed by atoms with Crippen LogP contribution < -0.4 is 9.64 Å². The normalized spacial score (nSPS) is 13.1. The monoisotopic (exact) mass is 442 g/mol. The Bertz CT molecular complexity index is 1070. The van der Waals surface area contributed by atoms with E-state index in [-0.39, 0.29) is 0 Å². The Labute approximate surface area is 189 Å². The number of methoxy groups -OCH3 is 1. The van der Waals surface area contributed by atoms with E-state index in [1.807, 2.05) is 29.6 Å². The summed E-state index contributed by atoms with van der Waals surface area (Å²) in [6.07, 6.45) is 4.59. The second kappa shape index (κ2) is 9.45. The van der Waals surface area contributed by atoms with Crippen molar-refractivity contribution >= 4 is 23.1 Å². The molecule has 0 saturated heterocycles. The summed E-state index contributed by atoms with van der Waals surface area (Å²) >= 11 is 6.65. The van der Waals surface area contributed by atoms with Crippen molar-refractivity contribution in [3.05, 3.63) is 40.2 Å². The van der Waals surface area contributed by atoms with E-state index < -0.39 is 0 Å². The highest BCUT2D eigenvalue weighted by molar-refractivity contribution is 6.33. The Hall–Kier alpha value is -2.31. The molecule has 0 radical (unpaired) electrons. The summed E-state index contributed by atoms with van der Waals surface area (Å²) in [5, 5.41) is 5.59. The number of nitrogens with zero attached hydrogens (tertiary/aromatic N) is 4. The van der Waals surface area contributed by atoms with Crippen LogP contribution in [0.3, 0.4) is 0 Å². The molecular formula is C24H31ClN4O2. The molecule has 166 valence electrons. The molecule has 0 aliphatic carbocycles. The van der Waals surface area contributed by atoms with Crippen molar-refractivity contribution in [1.29, 1.82) is 0 Å². The number of hydrogen-bond acceptors (Lipinski definition) is 5. The van der Waals surface area contributed by atoms with E-state index in [9.17, 15) is 0 Å². The second-order valence-corrected chi connectivity index (χ2v) is 8.50. The molecule has 2 aromatic heterocycles. The standard InChI is InChI=1S/C24H31ClN4O2/c1-5-7-11-28(12-8-6-2)24-19-14-31-15-21(19)26-23-22(16(3)27-29(23)24)18-10-9-17(30-4)13-20(18)25/h9-10,13H,5-8,11-12,14-15H2,1-4H3. The van der Waals surface area contributed by atoms with E-state index in [2.05, 4.69) is 18.7 Å². The Kier molecular flexibility index (Phi) is 6.68. The van der Waals surface area contributed by atoms with Gasteiger partial charge < -0.3 is 14.4 Å². The molecule has 7 heteroatoms. The van der Waals surface area contributed by atoms with Gasteiger partial charge in [0.2, 0.25) is 0 Å². The van der Waals surface area contributed by atoms with Crippen LogP contribution >= 0.6 is 11.6 Å². The first kappa shape index (κ1) is 21.9. The number of unbranched alkanes of at least 4 members (excludes halogenated alkanes) is 2. The summed E-state index contributed by atoms with van der Waals surface area (Å²) in [6.45, 7) is 9.61. The maximum Gasteiger partial charge on any atom is 0.165 e. The van der Waals surface area contributed by atoms with Crippen molar-refractivity contribution in [1.82, 2.24) is 14.6 Å². The molecule has 0 amide bonds. The average Bonchev–Trinajstić information content (AvgIpc) is 3.36. The van der Waals surface area contributed by atoms with E-state index in [0.29, 0.717) is 18.2 Å². The number of anilines is 1. The number of benzene rings is 1. The highest BCUT2D eigenvalue weighted by Gasteiger charge is 2.28. The minimum Gasteiger partial charge on any atom is -0.497 e.